The van der Waals surface area contributed by atoms with Crippen molar-refractivity contribution in [1.82, 2.24) is 10.2 Å². The fraction of sp³-hybridized carbons (Fsp3) is 0.619. The molecule has 0 spiro atoms. The molecule has 1 aromatic carbocycles. The second-order valence-electron chi connectivity index (χ2n) is 7.62. The van der Waals surface area contributed by atoms with Gasteiger partial charge in [0.15, 0.2) is 5.96 Å². The van der Waals surface area contributed by atoms with Gasteiger partial charge in [-0.2, -0.15) is 13.2 Å². The minimum Gasteiger partial charge on any atom is -0.469 e. The maximum absolute atomic E-state index is 13.8. The lowest BCUT2D eigenvalue weighted by atomic mass is 9.97. The highest BCUT2D eigenvalue weighted by Crippen LogP contribution is 2.35. The number of nitrogens with zero attached hydrogens (tertiary/aromatic N) is 3. The van der Waals surface area contributed by atoms with Crippen LogP contribution in [0.4, 0.5) is 18.9 Å². The number of benzene rings is 1. The van der Waals surface area contributed by atoms with Gasteiger partial charge in [0.25, 0.3) is 0 Å². The molecule has 1 aromatic rings. The first kappa shape index (κ1) is 26.5. The van der Waals surface area contributed by atoms with Crippen molar-refractivity contribution in [3.8, 4) is 0 Å². The molecule has 11 heteroatoms. The van der Waals surface area contributed by atoms with Gasteiger partial charge < -0.3 is 24.6 Å². The Morgan fingerprint density at radius 1 is 1.22 bits per heavy atom. The summed E-state index contributed by atoms with van der Waals surface area (Å²) in [4.78, 5) is 19.8. The maximum Gasteiger partial charge on any atom is 0.416 e. The summed E-state index contributed by atoms with van der Waals surface area (Å²) in [5, 5.41) is 3.05. The number of carbonyl (C=O) groups excluding carboxylic acids is 1. The van der Waals surface area contributed by atoms with Gasteiger partial charge >= 0.3 is 12.1 Å². The van der Waals surface area contributed by atoms with E-state index in [1.54, 1.807) is 13.1 Å². The first-order valence-corrected chi connectivity index (χ1v) is 10.4. The van der Waals surface area contributed by atoms with E-state index in [1.165, 1.54) is 19.2 Å². The average Bonchev–Trinajstić information content (AvgIpc) is 2.79. The lowest BCUT2D eigenvalue weighted by Crippen LogP contribution is -2.46. The van der Waals surface area contributed by atoms with Gasteiger partial charge in [0.2, 0.25) is 0 Å². The molecule has 0 bridgehead atoms. The van der Waals surface area contributed by atoms with Gasteiger partial charge in [-0.1, -0.05) is 6.07 Å². The zero-order valence-electron chi connectivity index (χ0n) is 18.3. The number of rotatable bonds is 4. The summed E-state index contributed by atoms with van der Waals surface area (Å²) in [6.07, 6.45) is -3.22. The Labute approximate surface area is 203 Å². The number of hydrogen-bond acceptors (Lipinski definition) is 5. The third-order valence-corrected chi connectivity index (χ3v) is 5.75. The number of morpholine rings is 1. The Morgan fingerprint density at radius 3 is 2.44 bits per heavy atom. The Balaban J connectivity index is 0.00000363. The van der Waals surface area contributed by atoms with Crippen LogP contribution in [0.25, 0.3) is 0 Å². The van der Waals surface area contributed by atoms with Crippen molar-refractivity contribution in [1.29, 1.82) is 0 Å². The molecule has 2 fully saturated rings. The van der Waals surface area contributed by atoms with E-state index in [2.05, 4.69) is 10.3 Å². The van der Waals surface area contributed by atoms with Gasteiger partial charge in [-0.25, -0.2) is 0 Å². The summed E-state index contributed by atoms with van der Waals surface area (Å²) in [5.41, 5.74) is 0.0626. The highest BCUT2D eigenvalue weighted by Gasteiger charge is 2.34. The van der Waals surface area contributed by atoms with Gasteiger partial charge in [-0.05, 0) is 30.5 Å². The summed E-state index contributed by atoms with van der Waals surface area (Å²) in [6.45, 7) is 3.33. The average molecular weight is 570 g/mol. The molecule has 0 aromatic heterocycles. The van der Waals surface area contributed by atoms with Crippen LogP contribution in [0.1, 0.15) is 24.0 Å². The molecule has 2 aliphatic heterocycles. The standard InChI is InChI=1S/C21H29F3N4O3.HI/c1-25-20(28-7-5-15(6-8-28)19(29)30-2)26-14-16-3-4-17(13-18(16)21(22,23)24)27-9-11-31-12-10-27;/h3-4,13,15H,5-12,14H2,1-2H3,(H,25,26);1H. The number of aliphatic imine (C=N–C) groups is 1. The molecule has 0 atom stereocenters. The van der Waals surface area contributed by atoms with E-state index < -0.39 is 11.7 Å². The van der Waals surface area contributed by atoms with E-state index in [4.69, 9.17) is 9.47 Å². The number of hydrogen-bond donors (Lipinski definition) is 1. The number of nitrogens with one attached hydrogen (secondary N) is 1. The maximum atomic E-state index is 13.8. The number of piperidine rings is 1. The molecule has 2 heterocycles. The molecule has 0 amide bonds. The number of guanidine groups is 1. The largest absolute Gasteiger partial charge is 0.469 e. The van der Waals surface area contributed by atoms with Gasteiger partial charge in [0.05, 0.1) is 31.8 Å². The van der Waals surface area contributed by atoms with Crippen LogP contribution in [-0.4, -0.2) is 70.4 Å². The van der Waals surface area contributed by atoms with E-state index >= 15 is 0 Å². The predicted molar refractivity (Wildman–Crippen MR) is 126 cm³/mol. The zero-order valence-corrected chi connectivity index (χ0v) is 20.6. The Hall–Kier alpha value is -1.76. The minimum atomic E-state index is -4.46. The number of anilines is 1. The van der Waals surface area contributed by atoms with Crippen LogP contribution in [-0.2, 0) is 27.0 Å². The van der Waals surface area contributed by atoms with Crippen LogP contribution in [0, 0.1) is 5.92 Å². The van der Waals surface area contributed by atoms with Gasteiger partial charge in [-0.3, -0.25) is 9.79 Å². The summed E-state index contributed by atoms with van der Waals surface area (Å²) in [7, 11) is 2.97. The van der Waals surface area contributed by atoms with Gasteiger partial charge in [0.1, 0.15) is 0 Å². The van der Waals surface area contributed by atoms with Crippen molar-refractivity contribution in [2.75, 3.05) is 58.5 Å². The fourth-order valence-electron chi connectivity index (χ4n) is 4.00. The number of esters is 1. The van der Waals surface area contributed by atoms with Gasteiger partial charge in [-0.15, -0.1) is 24.0 Å². The van der Waals surface area contributed by atoms with Crippen molar-refractivity contribution in [2.45, 2.75) is 25.6 Å². The zero-order chi connectivity index (χ0) is 22.4. The van der Waals surface area contributed by atoms with E-state index in [0.29, 0.717) is 63.9 Å². The molecule has 0 saturated carbocycles. The summed E-state index contributed by atoms with van der Waals surface area (Å²) >= 11 is 0. The van der Waals surface area contributed by atoms with E-state index in [-0.39, 0.29) is 48.0 Å². The monoisotopic (exact) mass is 570 g/mol. The summed E-state index contributed by atoms with van der Waals surface area (Å²) in [5.74, 6) is 0.149. The number of likely N-dealkylation sites (tertiary alicyclic amines) is 1. The van der Waals surface area contributed by atoms with Crippen molar-refractivity contribution >= 4 is 41.6 Å². The van der Waals surface area contributed by atoms with Crippen LogP contribution in [0.15, 0.2) is 23.2 Å². The summed E-state index contributed by atoms with van der Waals surface area (Å²) < 4.78 is 51.3. The molecule has 2 saturated heterocycles. The molecular weight excluding hydrogens is 540 g/mol. The van der Waals surface area contributed by atoms with Crippen molar-refractivity contribution < 1.29 is 27.4 Å². The quantitative estimate of drug-likeness (QED) is 0.260. The molecule has 0 aliphatic carbocycles. The second kappa shape index (κ2) is 11.9. The normalized spacial score (nSPS) is 18.2. The lowest BCUT2D eigenvalue weighted by molar-refractivity contribution is -0.146. The molecule has 3 rings (SSSR count). The fourth-order valence-corrected chi connectivity index (χ4v) is 4.00. The number of carbonyl (C=O) groups is 1. The van der Waals surface area contributed by atoms with Gasteiger partial charge in [0, 0.05) is 45.5 Å². The number of halogens is 4. The molecule has 0 unspecified atom stereocenters. The van der Waals surface area contributed by atoms with E-state index in [0.717, 1.165) is 0 Å². The van der Waals surface area contributed by atoms with Crippen LogP contribution in [0.2, 0.25) is 0 Å². The number of alkyl halides is 3. The minimum absolute atomic E-state index is 0. The topological polar surface area (TPSA) is 66.4 Å². The Morgan fingerprint density at radius 2 is 1.88 bits per heavy atom. The highest BCUT2D eigenvalue weighted by atomic mass is 127. The van der Waals surface area contributed by atoms with Crippen LogP contribution < -0.4 is 10.2 Å². The molecule has 0 radical (unpaired) electrons. The number of ether oxygens (including phenoxy) is 2. The molecule has 180 valence electrons. The first-order valence-electron chi connectivity index (χ1n) is 10.4. The Bertz CT molecular complexity index is 793. The molecule has 32 heavy (non-hydrogen) atoms. The van der Waals surface area contributed by atoms with Crippen LogP contribution in [0.3, 0.4) is 0 Å². The SMILES string of the molecule is CN=C(NCc1ccc(N2CCOCC2)cc1C(F)(F)F)N1CCC(C(=O)OC)CC1.I. The molecule has 7 nitrogen and oxygen atoms in total. The highest BCUT2D eigenvalue weighted by molar-refractivity contribution is 14.0. The smallest absolute Gasteiger partial charge is 0.416 e. The molecular formula is C21H30F3IN4O3. The lowest BCUT2D eigenvalue weighted by Gasteiger charge is -2.33. The first-order chi connectivity index (χ1) is 14.8. The van der Waals surface area contributed by atoms with Crippen molar-refractivity contribution in [3.63, 3.8) is 0 Å². The Kier molecular flexibility index (Phi) is 9.86. The van der Waals surface area contributed by atoms with E-state index in [1.807, 2.05) is 9.80 Å². The van der Waals surface area contributed by atoms with E-state index in [9.17, 15) is 18.0 Å². The third kappa shape index (κ3) is 6.63. The molecule has 1 N–H and O–H groups in total. The molecule has 2 aliphatic rings. The van der Waals surface area contributed by atoms with Crippen molar-refractivity contribution in [2.24, 2.45) is 10.9 Å². The second-order valence-corrected chi connectivity index (χ2v) is 7.62. The van der Waals surface area contributed by atoms with Crippen molar-refractivity contribution in [3.05, 3.63) is 29.3 Å². The van der Waals surface area contributed by atoms with Crippen LogP contribution in [0.5, 0.6) is 0 Å². The van der Waals surface area contributed by atoms with Crippen LogP contribution >= 0.6 is 24.0 Å². The third-order valence-electron chi connectivity index (χ3n) is 5.75. The predicted octanol–water partition coefficient (Wildman–Crippen LogP) is 3.12. The summed E-state index contributed by atoms with van der Waals surface area (Å²) in [6, 6.07) is 4.46. The number of methoxy groups -OCH3 is 1.